The van der Waals surface area contributed by atoms with Gasteiger partial charge in [-0.05, 0) is 46.2 Å². The van der Waals surface area contributed by atoms with E-state index in [0.717, 1.165) is 39.3 Å². The summed E-state index contributed by atoms with van der Waals surface area (Å²) < 4.78 is 5.28. The maximum Gasteiger partial charge on any atom is 0.0466 e. The summed E-state index contributed by atoms with van der Waals surface area (Å²) in [7, 11) is 0. The maximum absolute atomic E-state index is 5.28. The lowest BCUT2D eigenvalue weighted by molar-refractivity contribution is 0.143. The van der Waals surface area contributed by atoms with E-state index in [1.165, 1.54) is 12.8 Å². The summed E-state index contributed by atoms with van der Waals surface area (Å²) in [4.78, 5) is 0. The smallest absolute Gasteiger partial charge is 0.0466 e. The van der Waals surface area contributed by atoms with E-state index in [4.69, 9.17) is 4.74 Å². The number of ether oxygens (including phenoxy) is 1. The fourth-order valence-electron chi connectivity index (χ4n) is 1.39. The summed E-state index contributed by atoms with van der Waals surface area (Å²) in [5, 5.41) is 6.91. The van der Waals surface area contributed by atoms with Crippen LogP contribution in [-0.2, 0) is 4.74 Å². The summed E-state index contributed by atoms with van der Waals surface area (Å²) in [6, 6.07) is 0.573. The Labute approximate surface area is 95.0 Å². The van der Waals surface area contributed by atoms with E-state index in [0.29, 0.717) is 6.04 Å². The molecule has 3 nitrogen and oxygen atoms in total. The normalized spacial score (nSPS) is 13.0. The Morgan fingerprint density at radius 2 is 1.93 bits per heavy atom. The predicted octanol–water partition coefficient (Wildman–Crippen LogP) is 1.78. The summed E-state index contributed by atoms with van der Waals surface area (Å²) >= 11 is 0. The van der Waals surface area contributed by atoms with Gasteiger partial charge < -0.3 is 15.4 Å². The third-order valence-electron chi connectivity index (χ3n) is 2.29. The van der Waals surface area contributed by atoms with Gasteiger partial charge in [0.05, 0.1) is 0 Å². The van der Waals surface area contributed by atoms with Crippen molar-refractivity contribution in [3.63, 3.8) is 0 Å². The average Bonchev–Trinajstić information content (AvgIpc) is 2.23. The Morgan fingerprint density at radius 1 is 1.13 bits per heavy atom. The molecule has 92 valence electrons. The lowest BCUT2D eigenvalue weighted by atomic mass is 10.3. The third kappa shape index (κ3) is 11.8. The topological polar surface area (TPSA) is 33.3 Å². The van der Waals surface area contributed by atoms with Crippen LogP contribution in [0.15, 0.2) is 0 Å². The molecular formula is C12H28N2O. The van der Waals surface area contributed by atoms with Gasteiger partial charge >= 0.3 is 0 Å². The second-order valence-corrected chi connectivity index (χ2v) is 3.96. The molecule has 2 N–H and O–H groups in total. The fraction of sp³-hybridized carbons (Fsp3) is 1.00. The van der Waals surface area contributed by atoms with Gasteiger partial charge in [0, 0.05) is 25.8 Å². The number of unbranched alkanes of at least 4 members (excludes halogenated alkanes) is 1. The second kappa shape index (κ2) is 12.0. The molecule has 0 heterocycles. The first kappa shape index (κ1) is 14.9. The van der Waals surface area contributed by atoms with Crippen LogP contribution in [0, 0.1) is 0 Å². The lowest BCUT2D eigenvalue weighted by Crippen LogP contribution is -2.37. The number of hydrogen-bond donors (Lipinski definition) is 2. The molecule has 0 saturated heterocycles. The first-order chi connectivity index (χ1) is 7.31. The molecule has 0 radical (unpaired) electrons. The van der Waals surface area contributed by atoms with Gasteiger partial charge in [-0.3, -0.25) is 0 Å². The van der Waals surface area contributed by atoms with Crippen LogP contribution < -0.4 is 10.6 Å². The van der Waals surface area contributed by atoms with Crippen molar-refractivity contribution in [3.05, 3.63) is 0 Å². The van der Waals surface area contributed by atoms with Crippen LogP contribution in [-0.4, -0.2) is 38.9 Å². The van der Waals surface area contributed by atoms with Gasteiger partial charge in [0.15, 0.2) is 0 Å². The number of rotatable bonds is 11. The molecule has 0 spiro atoms. The van der Waals surface area contributed by atoms with Crippen molar-refractivity contribution in [2.75, 3.05) is 32.8 Å². The molecule has 0 amide bonds. The molecule has 0 aromatic heterocycles. The van der Waals surface area contributed by atoms with Crippen LogP contribution in [0.5, 0.6) is 0 Å². The molecule has 0 aliphatic carbocycles. The Kier molecular flexibility index (Phi) is 11.9. The third-order valence-corrected chi connectivity index (χ3v) is 2.29. The van der Waals surface area contributed by atoms with Crippen LogP contribution in [0.4, 0.5) is 0 Å². The average molecular weight is 216 g/mol. The highest BCUT2D eigenvalue weighted by molar-refractivity contribution is 4.63. The zero-order valence-electron chi connectivity index (χ0n) is 10.6. The highest BCUT2D eigenvalue weighted by atomic mass is 16.5. The monoisotopic (exact) mass is 216 g/mol. The van der Waals surface area contributed by atoms with Gasteiger partial charge in [-0.15, -0.1) is 0 Å². The van der Waals surface area contributed by atoms with Gasteiger partial charge in [-0.1, -0.05) is 6.92 Å². The lowest BCUT2D eigenvalue weighted by Gasteiger charge is -2.14. The van der Waals surface area contributed by atoms with Gasteiger partial charge in [0.2, 0.25) is 0 Å². The van der Waals surface area contributed by atoms with Crippen LogP contribution in [0.1, 0.15) is 40.0 Å². The van der Waals surface area contributed by atoms with Gasteiger partial charge in [-0.2, -0.15) is 0 Å². The zero-order chi connectivity index (χ0) is 11.4. The molecule has 15 heavy (non-hydrogen) atoms. The second-order valence-electron chi connectivity index (χ2n) is 3.96. The first-order valence-electron chi connectivity index (χ1n) is 6.33. The van der Waals surface area contributed by atoms with E-state index in [-0.39, 0.29) is 0 Å². The van der Waals surface area contributed by atoms with E-state index in [2.05, 4.69) is 24.5 Å². The SMILES string of the molecule is CCCNCC(C)NCCCCOCC. The van der Waals surface area contributed by atoms with Gasteiger partial charge in [-0.25, -0.2) is 0 Å². The minimum absolute atomic E-state index is 0.573. The predicted molar refractivity (Wildman–Crippen MR) is 66.4 cm³/mol. The van der Waals surface area contributed by atoms with Crippen molar-refractivity contribution < 1.29 is 4.74 Å². The van der Waals surface area contributed by atoms with Gasteiger partial charge in [0.25, 0.3) is 0 Å². The maximum atomic E-state index is 5.28. The molecular weight excluding hydrogens is 188 g/mol. The highest BCUT2D eigenvalue weighted by Gasteiger charge is 1.98. The molecule has 1 unspecified atom stereocenters. The number of hydrogen-bond acceptors (Lipinski definition) is 3. The fourth-order valence-corrected chi connectivity index (χ4v) is 1.39. The van der Waals surface area contributed by atoms with E-state index in [1.807, 2.05) is 6.92 Å². The molecule has 0 aromatic carbocycles. The standard InChI is InChI=1S/C12H28N2O/c1-4-8-13-11-12(3)14-9-6-7-10-15-5-2/h12-14H,4-11H2,1-3H3. The summed E-state index contributed by atoms with van der Waals surface area (Å²) in [5.41, 5.74) is 0. The molecule has 0 saturated carbocycles. The molecule has 0 rings (SSSR count). The van der Waals surface area contributed by atoms with E-state index in [9.17, 15) is 0 Å². The number of nitrogens with one attached hydrogen (secondary N) is 2. The van der Waals surface area contributed by atoms with Crippen molar-refractivity contribution in [3.8, 4) is 0 Å². The summed E-state index contributed by atoms with van der Waals surface area (Å²) in [6.07, 6.45) is 3.58. The van der Waals surface area contributed by atoms with Crippen LogP contribution >= 0.6 is 0 Å². The highest BCUT2D eigenvalue weighted by Crippen LogP contribution is 1.89. The minimum atomic E-state index is 0.573. The van der Waals surface area contributed by atoms with Crippen LogP contribution in [0.3, 0.4) is 0 Å². The van der Waals surface area contributed by atoms with Gasteiger partial charge in [0.1, 0.15) is 0 Å². The Bertz CT molecular complexity index is 120. The summed E-state index contributed by atoms with van der Waals surface area (Å²) in [6.45, 7) is 11.5. The Hall–Kier alpha value is -0.120. The minimum Gasteiger partial charge on any atom is -0.382 e. The van der Waals surface area contributed by atoms with Crippen molar-refractivity contribution in [1.82, 2.24) is 10.6 Å². The summed E-state index contributed by atoms with van der Waals surface area (Å²) in [5.74, 6) is 0. The molecule has 1 atom stereocenters. The Morgan fingerprint density at radius 3 is 2.60 bits per heavy atom. The van der Waals surface area contributed by atoms with E-state index < -0.39 is 0 Å². The largest absolute Gasteiger partial charge is 0.382 e. The van der Waals surface area contributed by atoms with Crippen LogP contribution in [0.25, 0.3) is 0 Å². The van der Waals surface area contributed by atoms with Crippen molar-refractivity contribution in [2.24, 2.45) is 0 Å². The first-order valence-corrected chi connectivity index (χ1v) is 6.33. The molecule has 0 aromatic rings. The molecule has 0 fully saturated rings. The van der Waals surface area contributed by atoms with Crippen molar-refractivity contribution in [1.29, 1.82) is 0 Å². The zero-order valence-corrected chi connectivity index (χ0v) is 10.6. The quantitative estimate of drug-likeness (QED) is 0.517. The molecule has 0 bridgehead atoms. The van der Waals surface area contributed by atoms with E-state index >= 15 is 0 Å². The molecule has 0 aliphatic heterocycles. The van der Waals surface area contributed by atoms with Crippen LogP contribution in [0.2, 0.25) is 0 Å². The Balaban J connectivity index is 3.06. The molecule has 0 aliphatic rings. The van der Waals surface area contributed by atoms with Crippen molar-refractivity contribution >= 4 is 0 Å². The van der Waals surface area contributed by atoms with E-state index in [1.54, 1.807) is 0 Å². The molecule has 3 heteroatoms. The van der Waals surface area contributed by atoms with Crippen molar-refractivity contribution in [2.45, 2.75) is 46.1 Å².